The molecule has 1 saturated heterocycles. The molecule has 0 aromatic heterocycles. The Morgan fingerprint density at radius 1 is 1.27 bits per heavy atom. The first-order valence-corrected chi connectivity index (χ1v) is 5.42. The zero-order valence-corrected chi connectivity index (χ0v) is 9.62. The van der Waals surface area contributed by atoms with Gasteiger partial charge in [0.1, 0.15) is 5.75 Å². The summed E-state index contributed by atoms with van der Waals surface area (Å²) in [4.78, 5) is 0. The Morgan fingerprint density at radius 2 is 1.87 bits per heavy atom. The number of hydrogen-bond donors (Lipinski definition) is 0. The van der Waals surface area contributed by atoms with Crippen molar-refractivity contribution in [3.63, 3.8) is 0 Å². The first kappa shape index (κ1) is 10.5. The molecule has 1 unspecified atom stereocenters. The van der Waals surface area contributed by atoms with Crippen LogP contribution in [0.4, 0.5) is 0 Å². The number of aryl methyl sites for hydroxylation is 1. The van der Waals surface area contributed by atoms with Crippen LogP contribution >= 0.6 is 0 Å². The smallest absolute Gasteiger partial charge is 0.118 e. The summed E-state index contributed by atoms with van der Waals surface area (Å²) in [6, 6.07) is 8.25. The van der Waals surface area contributed by atoms with Crippen molar-refractivity contribution in [3.05, 3.63) is 29.8 Å². The van der Waals surface area contributed by atoms with E-state index in [1.165, 1.54) is 5.56 Å². The second-order valence-electron chi connectivity index (χ2n) is 4.60. The van der Waals surface area contributed by atoms with Crippen molar-refractivity contribution in [1.29, 1.82) is 0 Å². The lowest BCUT2D eigenvalue weighted by atomic mass is 10.0. The van der Waals surface area contributed by atoms with Gasteiger partial charge >= 0.3 is 0 Å². The first-order chi connectivity index (χ1) is 7.12. The van der Waals surface area contributed by atoms with Crippen molar-refractivity contribution in [3.8, 4) is 5.75 Å². The van der Waals surface area contributed by atoms with E-state index < -0.39 is 0 Å². The molecule has 0 radical (unpaired) electrons. The average molecular weight is 206 g/mol. The molecule has 0 aliphatic carbocycles. The molecular formula is C13H18O2. The van der Waals surface area contributed by atoms with Crippen LogP contribution in [0.2, 0.25) is 0 Å². The molecule has 2 rings (SSSR count). The molecule has 0 saturated carbocycles. The fraction of sp³-hybridized carbons (Fsp3) is 0.538. The normalized spacial score (nSPS) is 22.5. The molecule has 82 valence electrons. The number of hydrogen-bond acceptors (Lipinski definition) is 2. The number of epoxide rings is 1. The maximum atomic E-state index is 5.55. The van der Waals surface area contributed by atoms with Crippen LogP contribution < -0.4 is 4.74 Å². The monoisotopic (exact) mass is 206 g/mol. The van der Waals surface area contributed by atoms with E-state index >= 15 is 0 Å². The topological polar surface area (TPSA) is 21.8 Å². The Balaban J connectivity index is 1.84. The highest BCUT2D eigenvalue weighted by Crippen LogP contribution is 2.38. The van der Waals surface area contributed by atoms with Crippen molar-refractivity contribution in [1.82, 2.24) is 0 Å². The summed E-state index contributed by atoms with van der Waals surface area (Å²) < 4.78 is 10.7. The first-order valence-electron chi connectivity index (χ1n) is 5.42. The molecule has 1 fully saturated rings. The predicted molar refractivity (Wildman–Crippen MR) is 60.3 cm³/mol. The van der Waals surface area contributed by atoms with E-state index in [1.54, 1.807) is 7.11 Å². The van der Waals surface area contributed by atoms with Crippen molar-refractivity contribution in [2.75, 3.05) is 7.11 Å². The van der Waals surface area contributed by atoms with Gasteiger partial charge in [0.15, 0.2) is 0 Å². The Labute approximate surface area is 91.2 Å². The molecule has 1 atom stereocenters. The highest BCUT2D eigenvalue weighted by molar-refractivity contribution is 5.27. The summed E-state index contributed by atoms with van der Waals surface area (Å²) in [6.07, 6.45) is 2.64. The van der Waals surface area contributed by atoms with Gasteiger partial charge in [0.2, 0.25) is 0 Å². The Hall–Kier alpha value is -1.02. The fourth-order valence-corrected chi connectivity index (χ4v) is 1.83. The van der Waals surface area contributed by atoms with Crippen molar-refractivity contribution in [2.24, 2.45) is 0 Å². The van der Waals surface area contributed by atoms with Gasteiger partial charge in [-0.25, -0.2) is 0 Å². The lowest BCUT2D eigenvalue weighted by Gasteiger charge is -2.02. The summed E-state index contributed by atoms with van der Waals surface area (Å²) >= 11 is 0. The molecule has 1 heterocycles. The predicted octanol–water partition coefficient (Wildman–Crippen LogP) is 2.81. The van der Waals surface area contributed by atoms with Crippen LogP contribution in [-0.4, -0.2) is 18.8 Å². The summed E-state index contributed by atoms with van der Waals surface area (Å²) in [7, 11) is 1.69. The molecule has 1 aliphatic rings. The third-order valence-corrected chi connectivity index (χ3v) is 3.02. The van der Waals surface area contributed by atoms with Gasteiger partial charge in [-0.2, -0.15) is 0 Å². The summed E-state index contributed by atoms with van der Waals surface area (Å²) in [5.41, 5.74) is 1.47. The largest absolute Gasteiger partial charge is 0.497 e. The van der Waals surface area contributed by atoms with Crippen LogP contribution in [0.15, 0.2) is 24.3 Å². The Bertz CT molecular complexity index is 327. The standard InChI is InChI=1S/C13H18O2/c1-13(2)12(15-13)9-6-10-4-7-11(14-3)8-5-10/h4-5,7-8,12H,6,9H2,1-3H3. The van der Waals surface area contributed by atoms with E-state index in [4.69, 9.17) is 9.47 Å². The van der Waals surface area contributed by atoms with E-state index in [1.807, 2.05) is 12.1 Å². The van der Waals surface area contributed by atoms with Crippen LogP contribution in [0.25, 0.3) is 0 Å². The van der Waals surface area contributed by atoms with Gasteiger partial charge in [0, 0.05) is 0 Å². The molecule has 1 aromatic rings. The summed E-state index contributed by atoms with van der Waals surface area (Å²) in [6.45, 7) is 4.29. The highest BCUT2D eigenvalue weighted by atomic mass is 16.6. The maximum Gasteiger partial charge on any atom is 0.118 e. The van der Waals surface area contributed by atoms with Crippen molar-refractivity contribution in [2.45, 2.75) is 38.4 Å². The third kappa shape index (κ3) is 2.51. The van der Waals surface area contributed by atoms with Gasteiger partial charge in [0.25, 0.3) is 0 Å². The van der Waals surface area contributed by atoms with Crippen LogP contribution in [0.3, 0.4) is 0 Å². The molecule has 0 bridgehead atoms. The zero-order chi connectivity index (χ0) is 10.9. The number of benzene rings is 1. The van der Waals surface area contributed by atoms with E-state index in [0.717, 1.165) is 18.6 Å². The summed E-state index contributed by atoms with van der Waals surface area (Å²) in [5, 5.41) is 0. The van der Waals surface area contributed by atoms with E-state index in [0.29, 0.717) is 6.10 Å². The molecule has 15 heavy (non-hydrogen) atoms. The quantitative estimate of drug-likeness (QED) is 0.706. The van der Waals surface area contributed by atoms with Crippen LogP contribution in [0, 0.1) is 0 Å². The molecule has 1 aromatic carbocycles. The van der Waals surface area contributed by atoms with E-state index in [2.05, 4.69) is 26.0 Å². The molecular weight excluding hydrogens is 188 g/mol. The number of methoxy groups -OCH3 is 1. The minimum atomic E-state index is 0.118. The Morgan fingerprint density at radius 3 is 2.33 bits per heavy atom. The second kappa shape index (κ2) is 3.86. The van der Waals surface area contributed by atoms with E-state index in [9.17, 15) is 0 Å². The van der Waals surface area contributed by atoms with Crippen LogP contribution in [-0.2, 0) is 11.2 Å². The SMILES string of the molecule is COc1ccc(CCC2OC2(C)C)cc1. The molecule has 1 aliphatic heterocycles. The van der Waals surface area contributed by atoms with Gasteiger partial charge in [-0.15, -0.1) is 0 Å². The lowest BCUT2D eigenvalue weighted by molar-refractivity contribution is 0.320. The highest BCUT2D eigenvalue weighted by Gasteiger charge is 2.46. The van der Waals surface area contributed by atoms with Gasteiger partial charge in [0.05, 0.1) is 18.8 Å². The molecule has 2 nitrogen and oxygen atoms in total. The number of ether oxygens (including phenoxy) is 2. The van der Waals surface area contributed by atoms with Crippen molar-refractivity contribution < 1.29 is 9.47 Å². The fourth-order valence-electron chi connectivity index (χ4n) is 1.83. The third-order valence-electron chi connectivity index (χ3n) is 3.02. The van der Waals surface area contributed by atoms with Crippen molar-refractivity contribution >= 4 is 0 Å². The van der Waals surface area contributed by atoms with Crippen LogP contribution in [0.1, 0.15) is 25.8 Å². The minimum absolute atomic E-state index is 0.118. The van der Waals surface area contributed by atoms with Gasteiger partial charge in [-0.3, -0.25) is 0 Å². The molecule has 0 spiro atoms. The molecule has 0 amide bonds. The maximum absolute atomic E-state index is 5.55. The lowest BCUT2D eigenvalue weighted by Crippen LogP contribution is -2.03. The Kier molecular flexibility index (Phi) is 2.70. The van der Waals surface area contributed by atoms with Gasteiger partial charge in [-0.1, -0.05) is 12.1 Å². The second-order valence-corrected chi connectivity index (χ2v) is 4.60. The van der Waals surface area contributed by atoms with Gasteiger partial charge < -0.3 is 9.47 Å². The van der Waals surface area contributed by atoms with E-state index in [-0.39, 0.29) is 5.60 Å². The van der Waals surface area contributed by atoms with Crippen LogP contribution in [0.5, 0.6) is 5.75 Å². The summed E-state index contributed by atoms with van der Waals surface area (Å²) in [5.74, 6) is 0.918. The average Bonchev–Trinajstić information content (AvgIpc) is 2.84. The van der Waals surface area contributed by atoms with Gasteiger partial charge in [-0.05, 0) is 44.4 Å². The zero-order valence-electron chi connectivity index (χ0n) is 9.62. The molecule has 2 heteroatoms. The number of rotatable bonds is 4. The minimum Gasteiger partial charge on any atom is -0.497 e. The molecule has 0 N–H and O–H groups in total.